The molecule has 0 fully saturated rings. The minimum Gasteiger partial charge on any atom is -0.379 e. The molecule has 0 saturated carbocycles. The van der Waals surface area contributed by atoms with Crippen LogP contribution in [0.1, 0.15) is 0 Å². The molecule has 0 spiro atoms. The van der Waals surface area contributed by atoms with E-state index in [1.54, 1.807) is 0 Å². The second kappa shape index (κ2) is 72.3. The molecule has 0 bridgehead atoms. The third-order valence-electron chi connectivity index (χ3n) is 8.85. The maximum absolute atomic E-state index is 8.17. The van der Waals surface area contributed by atoms with Crippen LogP contribution in [0.15, 0.2) is 5.11 Å². The van der Waals surface area contributed by atoms with Gasteiger partial charge in [0.05, 0.1) is 304 Å². The number of rotatable bonds is 71. The minimum atomic E-state index is 0.321. The zero-order valence-corrected chi connectivity index (χ0v) is 45.2. The Morgan fingerprint density at radius 3 is 0.400 bits per heavy atom. The Bertz CT molecular complexity index is 1070. The Hall–Kier alpha value is -1.65. The molecule has 0 rings (SSSR count). The van der Waals surface area contributed by atoms with Crippen LogP contribution in [0.5, 0.6) is 0 Å². The Morgan fingerprint density at radius 2 is 0.293 bits per heavy atom. The van der Waals surface area contributed by atoms with Crippen LogP contribution in [0, 0.1) is 0 Å². The number of nitrogens with two attached hydrogens (primary N) is 1. The van der Waals surface area contributed by atoms with Gasteiger partial charge in [0.15, 0.2) is 0 Å². The van der Waals surface area contributed by atoms with Crippen molar-refractivity contribution in [3.8, 4) is 0 Å². The van der Waals surface area contributed by atoms with Crippen LogP contribution in [0.4, 0.5) is 0 Å². The molecule has 0 unspecified atom stereocenters. The summed E-state index contributed by atoms with van der Waals surface area (Å²) < 4.78 is 126. The van der Waals surface area contributed by atoms with Crippen molar-refractivity contribution in [2.75, 3.05) is 317 Å². The van der Waals surface area contributed by atoms with E-state index in [0.717, 1.165) is 0 Å². The monoisotopic (exact) mass is 1100 g/mol. The first kappa shape index (κ1) is 73.3. The molecule has 75 heavy (non-hydrogen) atoms. The predicted molar refractivity (Wildman–Crippen MR) is 272 cm³/mol. The minimum absolute atomic E-state index is 0.321. The molecule has 0 amide bonds. The Balaban J connectivity index is 3.08. The van der Waals surface area contributed by atoms with Crippen LogP contribution in [0.25, 0.3) is 10.4 Å². The summed E-state index contributed by atoms with van der Waals surface area (Å²) in [5.74, 6) is 0. The maximum atomic E-state index is 8.17. The van der Waals surface area contributed by atoms with Gasteiger partial charge in [-0.3, -0.25) is 0 Å². The summed E-state index contributed by atoms with van der Waals surface area (Å²) in [6, 6.07) is 0. The van der Waals surface area contributed by atoms with E-state index < -0.39 is 0 Å². The lowest BCUT2D eigenvalue weighted by Gasteiger charge is -2.09. The highest BCUT2D eigenvalue weighted by molar-refractivity contribution is 4.45. The number of nitrogens with zero attached hydrogens (tertiary/aromatic N) is 3. The molecule has 0 heterocycles. The topological polar surface area (TPSA) is 287 Å². The third-order valence-corrected chi connectivity index (χ3v) is 8.85. The van der Waals surface area contributed by atoms with Crippen LogP contribution < -0.4 is 5.73 Å². The lowest BCUT2D eigenvalue weighted by atomic mass is 10.6. The van der Waals surface area contributed by atoms with Crippen molar-refractivity contribution in [3.05, 3.63) is 10.4 Å². The van der Waals surface area contributed by atoms with Crippen LogP contribution in [0.3, 0.4) is 0 Å². The van der Waals surface area contributed by atoms with Crippen molar-refractivity contribution in [3.63, 3.8) is 0 Å². The molecule has 0 aromatic carbocycles. The molecule has 0 aliphatic rings. The quantitative estimate of drug-likeness (QED) is 0.0378. The molecular formula is C48H98N4O23. The van der Waals surface area contributed by atoms with Gasteiger partial charge in [0.25, 0.3) is 0 Å². The van der Waals surface area contributed by atoms with Crippen LogP contribution in [-0.4, -0.2) is 317 Å². The van der Waals surface area contributed by atoms with Gasteiger partial charge in [-0.05, 0) is 5.53 Å². The molecular weight excluding hydrogens is 1000 g/mol. The van der Waals surface area contributed by atoms with Crippen molar-refractivity contribution in [2.24, 2.45) is 10.8 Å². The van der Waals surface area contributed by atoms with Gasteiger partial charge in [-0.15, -0.1) is 0 Å². The van der Waals surface area contributed by atoms with E-state index in [0.29, 0.717) is 317 Å². The molecule has 0 aromatic heterocycles. The molecule has 0 saturated heterocycles. The molecule has 0 aliphatic carbocycles. The Kier molecular flexibility index (Phi) is 70.8. The summed E-state index contributed by atoms with van der Waals surface area (Å²) in [7, 11) is 0. The van der Waals surface area contributed by atoms with Gasteiger partial charge >= 0.3 is 0 Å². The van der Waals surface area contributed by atoms with Gasteiger partial charge in [-0.1, -0.05) is 5.11 Å². The molecule has 27 nitrogen and oxygen atoms in total. The van der Waals surface area contributed by atoms with E-state index in [1.165, 1.54) is 0 Å². The van der Waals surface area contributed by atoms with E-state index in [9.17, 15) is 0 Å². The summed E-state index contributed by atoms with van der Waals surface area (Å²) >= 11 is 0. The van der Waals surface area contributed by atoms with Crippen molar-refractivity contribution >= 4 is 0 Å². The molecule has 2 N–H and O–H groups in total. The normalized spacial score (nSPS) is 11.6. The number of ether oxygens (including phenoxy) is 23. The van der Waals surface area contributed by atoms with Gasteiger partial charge in [0.1, 0.15) is 0 Å². The second-order valence-corrected chi connectivity index (χ2v) is 14.8. The Morgan fingerprint density at radius 1 is 0.187 bits per heavy atom. The fourth-order valence-electron chi connectivity index (χ4n) is 5.17. The molecule has 0 atom stereocenters. The molecule has 0 radical (unpaired) electrons. The molecule has 448 valence electrons. The van der Waals surface area contributed by atoms with Gasteiger partial charge < -0.3 is 115 Å². The van der Waals surface area contributed by atoms with Crippen LogP contribution in [0.2, 0.25) is 0 Å². The van der Waals surface area contributed by atoms with Gasteiger partial charge in [0, 0.05) is 18.0 Å². The summed E-state index contributed by atoms with van der Waals surface area (Å²) in [6.45, 7) is 23.4. The van der Waals surface area contributed by atoms with Gasteiger partial charge in [0.2, 0.25) is 0 Å². The van der Waals surface area contributed by atoms with E-state index in [4.69, 9.17) is 120 Å². The fraction of sp³-hybridized carbons (Fsp3) is 1.00. The predicted octanol–water partition coefficient (Wildman–Crippen LogP) is 0.637. The van der Waals surface area contributed by atoms with Crippen molar-refractivity contribution in [1.29, 1.82) is 0 Å². The van der Waals surface area contributed by atoms with E-state index in [-0.39, 0.29) is 0 Å². The van der Waals surface area contributed by atoms with Gasteiger partial charge in [-0.2, -0.15) is 0 Å². The lowest BCUT2D eigenvalue weighted by molar-refractivity contribution is -0.0318. The first-order valence-electron chi connectivity index (χ1n) is 26.4. The molecule has 0 aromatic rings. The zero-order valence-electron chi connectivity index (χ0n) is 45.2. The SMILES string of the molecule is [N-]=[N+]=NCCOCCOCCOCCOCCOCCOCCOCCOCCOCCOCCOCCOCCOCCOCCOCCOCCOCCOCCOCCOCCOCCOCCOCCN. The van der Waals surface area contributed by atoms with Crippen LogP contribution in [-0.2, 0) is 109 Å². The zero-order chi connectivity index (χ0) is 53.6. The van der Waals surface area contributed by atoms with E-state index in [1.807, 2.05) is 0 Å². The van der Waals surface area contributed by atoms with Crippen LogP contribution >= 0.6 is 0 Å². The average Bonchev–Trinajstić information content (AvgIpc) is 3.42. The fourth-order valence-corrected chi connectivity index (χ4v) is 5.17. The van der Waals surface area contributed by atoms with Crippen molar-refractivity contribution in [2.45, 2.75) is 0 Å². The van der Waals surface area contributed by atoms with Crippen molar-refractivity contribution in [1.82, 2.24) is 0 Å². The van der Waals surface area contributed by atoms with Crippen molar-refractivity contribution < 1.29 is 109 Å². The highest BCUT2D eigenvalue weighted by Gasteiger charge is 2.00. The lowest BCUT2D eigenvalue weighted by Crippen LogP contribution is -2.16. The highest BCUT2D eigenvalue weighted by Crippen LogP contribution is 1.91. The van der Waals surface area contributed by atoms with E-state index >= 15 is 0 Å². The third kappa shape index (κ3) is 72.3. The van der Waals surface area contributed by atoms with E-state index in [2.05, 4.69) is 10.0 Å². The summed E-state index contributed by atoms with van der Waals surface area (Å²) in [6.07, 6.45) is 0. The standard InChI is InChI=1S/C48H98N4O23/c49-1-3-53-5-7-55-9-11-57-13-15-59-17-19-61-21-23-63-25-27-65-29-31-67-33-35-69-37-39-71-41-43-73-45-47-75-48-46-74-44-42-72-40-38-70-36-34-68-32-30-66-28-26-64-24-22-62-20-18-60-16-14-58-12-10-56-8-6-54-4-2-51-52-50/h1-49H2. The Labute approximate surface area is 446 Å². The summed E-state index contributed by atoms with van der Waals surface area (Å²) in [4.78, 5) is 2.65. The maximum Gasteiger partial charge on any atom is 0.0701 e. The largest absolute Gasteiger partial charge is 0.379 e. The van der Waals surface area contributed by atoms with Gasteiger partial charge in [-0.25, -0.2) is 0 Å². The summed E-state index contributed by atoms with van der Waals surface area (Å²) in [5, 5.41) is 3.38. The second-order valence-electron chi connectivity index (χ2n) is 14.8. The smallest absolute Gasteiger partial charge is 0.0701 e. The number of hydrogen-bond donors (Lipinski definition) is 1. The average molecular weight is 1100 g/mol. The first-order valence-corrected chi connectivity index (χ1v) is 26.4. The summed E-state index contributed by atoms with van der Waals surface area (Å²) in [5.41, 5.74) is 13.5. The number of hydrogen-bond acceptors (Lipinski definition) is 25. The first-order chi connectivity index (χ1) is 37.4. The highest BCUT2D eigenvalue weighted by atomic mass is 16.6. The molecule has 27 heteroatoms. The molecule has 0 aliphatic heterocycles. The number of azide groups is 1.